The Balaban J connectivity index is 2.56. The first-order valence-electron chi connectivity index (χ1n) is 7.54. The molecule has 0 fully saturated rings. The van der Waals surface area contributed by atoms with Gasteiger partial charge in [-0.1, -0.05) is 52.0 Å². The quantitative estimate of drug-likeness (QED) is 0.864. The summed E-state index contributed by atoms with van der Waals surface area (Å²) in [5.41, 5.74) is 4.16. The molecule has 2 heteroatoms. The SMILES string of the molecule is CCc1cc(C(C)(C)c2ccc(O)cc2)cc(CC)c1O. The molecule has 0 aliphatic carbocycles. The van der Waals surface area contributed by atoms with Gasteiger partial charge >= 0.3 is 0 Å². The first kappa shape index (κ1) is 15.4. The van der Waals surface area contributed by atoms with E-state index in [1.807, 2.05) is 12.1 Å². The third kappa shape index (κ3) is 2.90. The van der Waals surface area contributed by atoms with Crippen LogP contribution in [0, 0.1) is 0 Å². The van der Waals surface area contributed by atoms with Crippen molar-refractivity contribution in [3.63, 3.8) is 0 Å². The second-order valence-corrected chi connectivity index (χ2v) is 6.02. The van der Waals surface area contributed by atoms with Gasteiger partial charge in [0.05, 0.1) is 0 Å². The van der Waals surface area contributed by atoms with Crippen LogP contribution >= 0.6 is 0 Å². The second kappa shape index (κ2) is 5.80. The minimum atomic E-state index is -0.171. The van der Waals surface area contributed by atoms with Gasteiger partial charge in [-0.25, -0.2) is 0 Å². The number of hydrogen-bond acceptors (Lipinski definition) is 2. The lowest BCUT2D eigenvalue weighted by Crippen LogP contribution is -2.19. The van der Waals surface area contributed by atoms with Crippen molar-refractivity contribution in [3.05, 3.63) is 58.7 Å². The minimum absolute atomic E-state index is 0.171. The predicted octanol–water partition coefficient (Wildman–Crippen LogP) is 4.55. The Bertz CT molecular complexity index is 600. The maximum absolute atomic E-state index is 10.3. The van der Waals surface area contributed by atoms with Crippen molar-refractivity contribution in [2.75, 3.05) is 0 Å². The number of phenols is 2. The van der Waals surface area contributed by atoms with Gasteiger partial charge in [0.25, 0.3) is 0 Å². The summed E-state index contributed by atoms with van der Waals surface area (Å²) < 4.78 is 0. The normalized spacial score (nSPS) is 11.6. The predicted molar refractivity (Wildman–Crippen MR) is 87.1 cm³/mol. The number of rotatable bonds is 4. The fourth-order valence-corrected chi connectivity index (χ4v) is 2.70. The Labute approximate surface area is 127 Å². The van der Waals surface area contributed by atoms with Crippen LogP contribution in [-0.2, 0) is 18.3 Å². The van der Waals surface area contributed by atoms with Crippen molar-refractivity contribution >= 4 is 0 Å². The van der Waals surface area contributed by atoms with Crippen LogP contribution in [-0.4, -0.2) is 10.2 Å². The number of aryl methyl sites for hydroxylation is 2. The topological polar surface area (TPSA) is 40.5 Å². The van der Waals surface area contributed by atoms with Gasteiger partial charge in [-0.3, -0.25) is 0 Å². The lowest BCUT2D eigenvalue weighted by Gasteiger charge is -2.28. The molecule has 0 aromatic heterocycles. The fourth-order valence-electron chi connectivity index (χ4n) is 2.70. The van der Waals surface area contributed by atoms with Crippen LogP contribution in [0.25, 0.3) is 0 Å². The first-order chi connectivity index (χ1) is 9.90. The molecule has 0 aliphatic heterocycles. The highest BCUT2D eigenvalue weighted by Gasteiger charge is 2.25. The zero-order valence-electron chi connectivity index (χ0n) is 13.3. The average Bonchev–Trinajstić information content (AvgIpc) is 2.47. The third-order valence-corrected chi connectivity index (χ3v) is 4.34. The van der Waals surface area contributed by atoms with Crippen molar-refractivity contribution in [1.82, 2.24) is 0 Å². The van der Waals surface area contributed by atoms with E-state index in [0.29, 0.717) is 5.75 Å². The Morgan fingerprint density at radius 2 is 1.29 bits per heavy atom. The molecule has 0 spiro atoms. The molecule has 2 rings (SSSR count). The molecule has 21 heavy (non-hydrogen) atoms. The Kier molecular flexibility index (Phi) is 4.26. The Hall–Kier alpha value is -1.96. The number of hydrogen-bond donors (Lipinski definition) is 2. The van der Waals surface area contributed by atoms with Gasteiger partial charge < -0.3 is 10.2 Å². The Morgan fingerprint density at radius 1 is 0.810 bits per heavy atom. The molecule has 0 atom stereocenters. The van der Waals surface area contributed by atoms with E-state index in [-0.39, 0.29) is 11.2 Å². The summed E-state index contributed by atoms with van der Waals surface area (Å²) in [6.45, 7) is 8.47. The van der Waals surface area contributed by atoms with E-state index in [1.165, 1.54) is 5.56 Å². The van der Waals surface area contributed by atoms with Crippen molar-refractivity contribution in [1.29, 1.82) is 0 Å². The molecule has 0 radical (unpaired) electrons. The van der Waals surface area contributed by atoms with Crippen LogP contribution in [0.3, 0.4) is 0 Å². The monoisotopic (exact) mass is 284 g/mol. The van der Waals surface area contributed by atoms with E-state index in [9.17, 15) is 10.2 Å². The molecule has 2 aromatic rings. The van der Waals surface area contributed by atoms with E-state index < -0.39 is 0 Å². The van der Waals surface area contributed by atoms with Crippen LogP contribution in [0.4, 0.5) is 0 Å². The molecule has 0 saturated heterocycles. The number of phenolic OH excluding ortho intramolecular Hbond substituents is 2. The lowest BCUT2D eigenvalue weighted by molar-refractivity contribution is 0.461. The molecular weight excluding hydrogens is 260 g/mol. The van der Waals surface area contributed by atoms with Crippen LogP contribution < -0.4 is 0 Å². The maximum atomic E-state index is 10.3. The van der Waals surface area contributed by atoms with Gasteiger partial charge in [-0.15, -0.1) is 0 Å². The van der Waals surface area contributed by atoms with Crippen molar-refractivity contribution < 1.29 is 10.2 Å². The highest BCUT2D eigenvalue weighted by molar-refractivity contribution is 5.49. The summed E-state index contributed by atoms with van der Waals surface area (Å²) in [7, 11) is 0. The van der Waals surface area contributed by atoms with E-state index in [0.717, 1.165) is 29.5 Å². The molecule has 2 nitrogen and oxygen atoms in total. The van der Waals surface area contributed by atoms with E-state index >= 15 is 0 Å². The third-order valence-electron chi connectivity index (χ3n) is 4.34. The van der Waals surface area contributed by atoms with Gasteiger partial charge in [0.1, 0.15) is 11.5 Å². The van der Waals surface area contributed by atoms with Crippen LogP contribution in [0.2, 0.25) is 0 Å². The molecular formula is C19H24O2. The standard InChI is InChI=1S/C19H24O2/c1-5-13-11-16(12-14(6-2)18(13)21)19(3,4)15-7-9-17(20)10-8-15/h7-12,20-21H,5-6H2,1-4H3. The lowest BCUT2D eigenvalue weighted by atomic mass is 9.76. The van der Waals surface area contributed by atoms with Gasteiger partial charge in [0, 0.05) is 5.41 Å². The summed E-state index contributed by atoms with van der Waals surface area (Å²) in [5, 5.41) is 19.7. The maximum Gasteiger partial charge on any atom is 0.121 e. The smallest absolute Gasteiger partial charge is 0.121 e. The summed E-state index contributed by atoms with van der Waals surface area (Å²) in [6, 6.07) is 11.6. The largest absolute Gasteiger partial charge is 0.508 e. The molecule has 2 N–H and O–H groups in total. The Morgan fingerprint density at radius 3 is 1.71 bits per heavy atom. The highest BCUT2D eigenvalue weighted by atomic mass is 16.3. The summed E-state index contributed by atoms with van der Waals surface area (Å²) >= 11 is 0. The van der Waals surface area contributed by atoms with Gasteiger partial charge in [0.15, 0.2) is 0 Å². The van der Waals surface area contributed by atoms with Crippen molar-refractivity contribution in [3.8, 4) is 11.5 Å². The zero-order valence-corrected chi connectivity index (χ0v) is 13.3. The summed E-state index contributed by atoms with van der Waals surface area (Å²) in [6.07, 6.45) is 1.64. The van der Waals surface area contributed by atoms with E-state index in [4.69, 9.17) is 0 Å². The minimum Gasteiger partial charge on any atom is -0.508 e. The average molecular weight is 284 g/mol. The van der Waals surface area contributed by atoms with Crippen molar-refractivity contribution in [2.24, 2.45) is 0 Å². The molecule has 0 heterocycles. The van der Waals surface area contributed by atoms with Gasteiger partial charge in [0.2, 0.25) is 0 Å². The van der Waals surface area contributed by atoms with E-state index in [2.05, 4.69) is 39.8 Å². The van der Waals surface area contributed by atoms with Crippen molar-refractivity contribution in [2.45, 2.75) is 46.0 Å². The van der Waals surface area contributed by atoms with Gasteiger partial charge in [-0.2, -0.15) is 0 Å². The molecule has 0 saturated carbocycles. The van der Waals surface area contributed by atoms with Crippen LogP contribution in [0.1, 0.15) is 49.9 Å². The number of benzene rings is 2. The summed E-state index contributed by atoms with van der Waals surface area (Å²) in [5.74, 6) is 0.717. The molecule has 112 valence electrons. The number of aromatic hydroxyl groups is 2. The van der Waals surface area contributed by atoms with E-state index in [1.54, 1.807) is 12.1 Å². The second-order valence-electron chi connectivity index (χ2n) is 6.02. The fraction of sp³-hybridized carbons (Fsp3) is 0.368. The molecule has 0 aliphatic rings. The zero-order chi connectivity index (χ0) is 15.6. The first-order valence-corrected chi connectivity index (χ1v) is 7.54. The highest BCUT2D eigenvalue weighted by Crippen LogP contribution is 2.36. The summed E-state index contributed by atoms with van der Waals surface area (Å²) in [4.78, 5) is 0. The molecule has 2 aromatic carbocycles. The molecule has 0 unspecified atom stereocenters. The molecule has 0 amide bonds. The van der Waals surface area contributed by atoms with Gasteiger partial charge in [-0.05, 0) is 47.2 Å². The van der Waals surface area contributed by atoms with Crippen LogP contribution in [0.15, 0.2) is 36.4 Å². The molecule has 0 bridgehead atoms. The van der Waals surface area contributed by atoms with Crippen LogP contribution in [0.5, 0.6) is 11.5 Å².